The maximum Gasteiger partial charge on any atom is 0.421 e. The van der Waals surface area contributed by atoms with E-state index in [0.717, 1.165) is 4.70 Å². The minimum absolute atomic E-state index is 0.258. The monoisotopic (exact) mass is 360 g/mol. The van der Waals surface area contributed by atoms with E-state index in [4.69, 9.17) is 16.3 Å². The van der Waals surface area contributed by atoms with Crippen LogP contribution < -0.4 is 10.1 Å². The third-order valence-electron chi connectivity index (χ3n) is 2.88. The summed E-state index contributed by atoms with van der Waals surface area (Å²) in [7, 11) is 1.52. The second-order valence-electron chi connectivity index (χ2n) is 4.38. The van der Waals surface area contributed by atoms with Gasteiger partial charge >= 0.3 is 6.18 Å². The first-order valence-electron chi connectivity index (χ1n) is 6.18. The zero-order chi connectivity index (χ0) is 16.6. The van der Waals surface area contributed by atoms with E-state index in [0.29, 0.717) is 17.5 Å². The molecule has 0 aliphatic heterocycles. The molecule has 10 heteroatoms. The topological polar surface area (TPSA) is 59.9 Å². The Morgan fingerprint density at radius 1 is 1.26 bits per heavy atom. The van der Waals surface area contributed by atoms with Crippen molar-refractivity contribution in [2.24, 2.45) is 0 Å². The Balaban J connectivity index is 2.00. The summed E-state index contributed by atoms with van der Waals surface area (Å²) in [6, 6.07) is 5.20. The Hall–Kier alpha value is -2.13. The SMILES string of the molecule is COc1ccc2sc(Nc3nc(Cl)ncc3C(F)(F)F)nc2c1. The summed E-state index contributed by atoms with van der Waals surface area (Å²) in [4.78, 5) is 11.2. The number of halogens is 4. The number of ether oxygens (including phenoxy) is 1. The molecule has 3 rings (SSSR count). The van der Waals surface area contributed by atoms with Crippen LogP contribution in [-0.2, 0) is 6.18 Å². The van der Waals surface area contributed by atoms with Gasteiger partial charge in [-0.1, -0.05) is 11.3 Å². The van der Waals surface area contributed by atoms with E-state index >= 15 is 0 Å². The molecule has 0 atom stereocenters. The van der Waals surface area contributed by atoms with Gasteiger partial charge in [0.15, 0.2) is 5.13 Å². The summed E-state index contributed by atoms with van der Waals surface area (Å²) in [5, 5.41) is 2.53. The minimum Gasteiger partial charge on any atom is -0.497 e. The van der Waals surface area contributed by atoms with E-state index in [1.54, 1.807) is 18.2 Å². The van der Waals surface area contributed by atoms with Crippen LogP contribution in [0.25, 0.3) is 10.2 Å². The number of thiazole rings is 1. The summed E-state index contributed by atoms with van der Waals surface area (Å²) in [6.07, 6.45) is -3.97. The average Bonchev–Trinajstić information content (AvgIpc) is 2.87. The highest BCUT2D eigenvalue weighted by atomic mass is 35.5. The molecule has 1 N–H and O–H groups in total. The number of rotatable bonds is 3. The molecule has 120 valence electrons. The molecule has 1 aromatic carbocycles. The van der Waals surface area contributed by atoms with E-state index in [1.165, 1.54) is 18.4 Å². The molecule has 0 bridgehead atoms. The molecule has 0 saturated heterocycles. The molecular formula is C13H8ClF3N4OS. The van der Waals surface area contributed by atoms with Crippen molar-refractivity contribution in [3.63, 3.8) is 0 Å². The van der Waals surface area contributed by atoms with E-state index in [2.05, 4.69) is 20.3 Å². The lowest BCUT2D eigenvalue weighted by Gasteiger charge is -2.11. The van der Waals surface area contributed by atoms with Crippen molar-refractivity contribution in [2.75, 3.05) is 12.4 Å². The molecule has 0 aliphatic rings. The van der Waals surface area contributed by atoms with Crippen LogP contribution in [0.5, 0.6) is 5.75 Å². The third-order valence-corrected chi connectivity index (χ3v) is 4.02. The van der Waals surface area contributed by atoms with Crippen molar-refractivity contribution in [1.29, 1.82) is 0 Å². The van der Waals surface area contributed by atoms with Gasteiger partial charge in [-0.2, -0.15) is 18.2 Å². The van der Waals surface area contributed by atoms with E-state index in [1.807, 2.05) is 0 Å². The van der Waals surface area contributed by atoms with Gasteiger partial charge in [-0.25, -0.2) is 9.97 Å². The number of nitrogens with one attached hydrogen (secondary N) is 1. The van der Waals surface area contributed by atoms with Crippen LogP contribution in [0.2, 0.25) is 5.28 Å². The first-order chi connectivity index (χ1) is 10.9. The summed E-state index contributed by atoms with van der Waals surface area (Å²) >= 11 is 6.78. The lowest BCUT2D eigenvalue weighted by molar-refractivity contribution is -0.137. The number of alkyl halides is 3. The lowest BCUT2D eigenvalue weighted by Crippen LogP contribution is -2.11. The van der Waals surface area contributed by atoms with Gasteiger partial charge in [-0.15, -0.1) is 0 Å². The third kappa shape index (κ3) is 3.30. The Morgan fingerprint density at radius 2 is 2.04 bits per heavy atom. The van der Waals surface area contributed by atoms with Crippen molar-refractivity contribution in [1.82, 2.24) is 15.0 Å². The van der Waals surface area contributed by atoms with Gasteiger partial charge < -0.3 is 10.1 Å². The predicted molar refractivity (Wildman–Crippen MR) is 81.5 cm³/mol. The van der Waals surface area contributed by atoms with Crippen molar-refractivity contribution >= 4 is 44.1 Å². The van der Waals surface area contributed by atoms with Gasteiger partial charge in [0.1, 0.15) is 17.1 Å². The Kier molecular flexibility index (Phi) is 3.99. The fourth-order valence-corrected chi connectivity index (χ4v) is 2.83. The number of benzene rings is 1. The summed E-state index contributed by atoms with van der Waals surface area (Å²) in [5.41, 5.74) is -0.413. The second-order valence-corrected chi connectivity index (χ2v) is 5.75. The fraction of sp³-hybridized carbons (Fsp3) is 0.154. The number of methoxy groups -OCH3 is 1. The predicted octanol–water partition coefficient (Wildman–Crippen LogP) is 4.51. The molecule has 0 aliphatic carbocycles. The van der Waals surface area contributed by atoms with Crippen molar-refractivity contribution < 1.29 is 17.9 Å². The largest absolute Gasteiger partial charge is 0.497 e. The van der Waals surface area contributed by atoms with Crippen molar-refractivity contribution in [3.8, 4) is 5.75 Å². The van der Waals surface area contributed by atoms with Gasteiger partial charge in [0.25, 0.3) is 0 Å². The normalized spacial score (nSPS) is 11.7. The van der Waals surface area contributed by atoms with E-state index in [9.17, 15) is 13.2 Å². The average molecular weight is 361 g/mol. The Morgan fingerprint density at radius 3 is 2.74 bits per heavy atom. The molecule has 5 nitrogen and oxygen atoms in total. The first kappa shape index (κ1) is 15.8. The molecule has 0 saturated carbocycles. The molecule has 0 radical (unpaired) electrons. The zero-order valence-electron chi connectivity index (χ0n) is 11.5. The molecule has 0 unspecified atom stereocenters. The number of aromatic nitrogens is 3. The lowest BCUT2D eigenvalue weighted by atomic mass is 10.3. The quantitative estimate of drug-likeness (QED) is 0.696. The maximum atomic E-state index is 13.0. The molecule has 3 aromatic rings. The molecule has 0 spiro atoms. The molecule has 2 aromatic heterocycles. The molecule has 23 heavy (non-hydrogen) atoms. The van der Waals surface area contributed by atoms with Crippen LogP contribution in [0.3, 0.4) is 0 Å². The van der Waals surface area contributed by atoms with Crippen LogP contribution in [0.4, 0.5) is 24.1 Å². The van der Waals surface area contributed by atoms with Gasteiger partial charge in [0.2, 0.25) is 5.28 Å². The van der Waals surface area contributed by atoms with Crippen LogP contribution in [0, 0.1) is 0 Å². The second kappa shape index (κ2) is 5.82. The van der Waals surface area contributed by atoms with Gasteiger partial charge in [-0.3, -0.25) is 0 Å². The van der Waals surface area contributed by atoms with Crippen LogP contribution in [-0.4, -0.2) is 22.1 Å². The van der Waals surface area contributed by atoms with Gasteiger partial charge in [-0.05, 0) is 23.7 Å². The molecule has 2 heterocycles. The number of hydrogen-bond acceptors (Lipinski definition) is 6. The highest BCUT2D eigenvalue weighted by Gasteiger charge is 2.35. The molecule has 0 fully saturated rings. The number of fused-ring (bicyclic) bond motifs is 1. The number of hydrogen-bond donors (Lipinski definition) is 1. The van der Waals surface area contributed by atoms with Gasteiger partial charge in [0, 0.05) is 12.3 Å². The van der Waals surface area contributed by atoms with Crippen LogP contribution >= 0.6 is 22.9 Å². The summed E-state index contributed by atoms with van der Waals surface area (Å²) in [6.45, 7) is 0. The Bertz CT molecular complexity index is 868. The molecule has 0 amide bonds. The van der Waals surface area contributed by atoms with Crippen LogP contribution in [0.1, 0.15) is 5.56 Å². The van der Waals surface area contributed by atoms with Crippen LogP contribution in [0.15, 0.2) is 24.4 Å². The number of anilines is 2. The highest BCUT2D eigenvalue weighted by molar-refractivity contribution is 7.22. The first-order valence-corrected chi connectivity index (χ1v) is 7.37. The maximum absolute atomic E-state index is 13.0. The summed E-state index contributed by atoms with van der Waals surface area (Å²) in [5.74, 6) is 0.166. The summed E-state index contributed by atoms with van der Waals surface area (Å²) < 4.78 is 44.8. The smallest absolute Gasteiger partial charge is 0.421 e. The van der Waals surface area contributed by atoms with Gasteiger partial charge in [0.05, 0.1) is 17.3 Å². The highest BCUT2D eigenvalue weighted by Crippen LogP contribution is 2.36. The standard InChI is InChI=1S/C13H8ClF3N4OS/c1-22-6-2-3-9-8(4-6)19-12(23-9)21-10-7(13(15,16)17)5-18-11(14)20-10/h2-5H,1H3,(H,18,19,20,21). The van der Waals surface area contributed by atoms with E-state index < -0.39 is 17.6 Å². The molecular weight excluding hydrogens is 353 g/mol. The van der Waals surface area contributed by atoms with E-state index in [-0.39, 0.29) is 10.4 Å². The number of nitrogens with zero attached hydrogens (tertiary/aromatic N) is 3. The van der Waals surface area contributed by atoms with Crippen molar-refractivity contribution in [2.45, 2.75) is 6.18 Å². The Labute approximate surface area is 137 Å². The minimum atomic E-state index is -4.60. The zero-order valence-corrected chi connectivity index (χ0v) is 13.1. The fourth-order valence-electron chi connectivity index (χ4n) is 1.85. The van der Waals surface area contributed by atoms with Crippen molar-refractivity contribution in [3.05, 3.63) is 35.2 Å².